The van der Waals surface area contributed by atoms with Crippen molar-refractivity contribution in [3.63, 3.8) is 0 Å². The van der Waals surface area contributed by atoms with Gasteiger partial charge in [0.1, 0.15) is 12.4 Å². The molecule has 3 aromatic rings. The number of benzene rings is 1. The molecule has 1 amide bonds. The highest BCUT2D eigenvalue weighted by molar-refractivity contribution is 5.80. The predicted octanol–water partition coefficient (Wildman–Crippen LogP) is 3.38. The number of nitrogens with zero attached hydrogens (tertiary/aromatic N) is 5. The second-order valence-electron chi connectivity index (χ2n) is 9.72. The van der Waals surface area contributed by atoms with Gasteiger partial charge in [-0.15, -0.1) is 10.2 Å². The molecule has 1 unspecified atom stereocenters. The van der Waals surface area contributed by atoms with Crippen LogP contribution in [0, 0.1) is 5.92 Å². The fourth-order valence-electron chi connectivity index (χ4n) is 4.56. The van der Waals surface area contributed by atoms with Gasteiger partial charge in [-0.2, -0.15) is 9.61 Å². The Bertz CT molecular complexity index is 1110. The van der Waals surface area contributed by atoms with Crippen molar-refractivity contribution in [1.29, 1.82) is 0 Å². The van der Waals surface area contributed by atoms with Crippen LogP contribution in [0.4, 0.5) is 0 Å². The predicted molar refractivity (Wildman–Crippen MR) is 117 cm³/mol. The minimum absolute atomic E-state index is 0.0355. The molecule has 5 rings (SSSR count). The molecule has 0 bridgehead atoms. The van der Waals surface area contributed by atoms with Crippen LogP contribution in [-0.4, -0.2) is 50.3 Å². The maximum absolute atomic E-state index is 13.1. The molecule has 1 atom stereocenters. The number of aromatic nitrogens is 4. The summed E-state index contributed by atoms with van der Waals surface area (Å²) >= 11 is 0. The van der Waals surface area contributed by atoms with Crippen LogP contribution in [0.5, 0.6) is 5.75 Å². The summed E-state index contributed by atoms with van der Waals surface area (Å²) in [6.07, 6.45) is 2.50. The highest BCUT2D eigenvalue weighted by Crippen LogP contribution is 2.31. The molecule has 2 aliphatic heterocycles. The normalized spacial score (nSPS) is 19.8. The third-order valence-corrected chi connectivity index (χ3v) is 6.46. The maximum Gasteiger partial charge on any atom is 0.229 e. The number of hydrogen-bond acceptors (Lipinski definition) is 5. The maximum atomic E-state index is 13.1. The zero-order chi connectivity index (χ0) is 21.6. The first-order valence-corrected chi connectivity index (χ1v) is 11.1. The van der Waals surface area contributed by atoms with Gasteiger partial charge in [-0.05, 0) is 43.0 Å². The first-order valence-electron chi connectivity index (χ1n) is 11.1. The molecule has 1 fully saturated rings. The minimum atomic E-state index is -0.101. The van der Waals surface area contributed by atoms with Crippen molar-refractivity contribution in [2.75, 3.05) is 19.7 Å². The lowest BCUT2D eigenvalue weighted by atomic mass is 9.92. The number of piperidine rings is 1. The third-order valence-electron chi connectivity index (χ3n) is 6.46. The number of amides is 1. The van der Waals surface area contributed by atoms with Gasteiger partial charge in [0.2, 0.25) is 5.91 Å². The number of hydrogen-bond donors (Lipinski definition) is 0. The molecule has 31 heavy (non-hydrogen) atoms. The van der Waals surface area contributed by atoms with Crippen LogP contribution in [0.25, 0.3) is 5.65 Å². The fourth-order valence-corrected chi connectivity index (χ4v) is 4.56. The van der Waals surface area contributed by atoms with E-state index in [4.69, 9.17) is 9.84 Å². The smallest absolute Gasteiger partial charge is 0.229 e. The third kappa shape index (κ3) is 3.77. The molecule has 0 aliphatic carbocycles. The second-order valence-corrected chi connectivity index (χ2v) is 9.72. The van der Waals surface area contributed by atoms with Crippen LogP contribution in [0.2, 0.25) is 0 Å². The summed E-state index contributed by atoms with van der Waals surface area (Å²) in [6.45, 7) is 8.39. The first kappa shape index (κ1) is 20.0. The number of carbonyl (C=O) groups excluding carboxylic acids is 1. The van der Waals surface area contributed by atoms with Crippen molar-refractivity contribution in [1.82, 2.24) is 24.7 Å². The topological polar surface area (TPSA) is 72.6 Å². The Morgan fingerprint density at radius 1 is 1.06 bits per heavy atom. The van der Waals surface area contributed by atoms with Crippen LogP contribution in [0.15, 0.2) is 36.4 Å². The second kappa shape index (κ2) is 7.62. The molecule has 0 N–H and O–H groups in total. The summed E-state index contributed by atoms with van der Waals surface area (Å²) in [4.78, 5) is 15.1. The van der Waals surface area contributed by atoms with Crippen LogP contribution in [0.3, 0.4) is 0 Å². The van der Waals surface area contributed by atoms with Gasteiger partial charge in [0.25, 0.3) is 0 Å². The molecule has 2 aliphatic rings. The van der Waals surface area contributed by atoms with Gasteiger partial charge in [0.15, 0.2) is 11.5 Å². The molecule has 0 radical (unpaired) electrons. The fraction of sp³-hybridized carbons (Fsp3) is 0.500. The molecule has 162 valence electrons. The molecule has 0 saturated carbocycles. The van der Waals surface area contributed by atoms with Crippen LogP contribution >= 0.6 is 0 Å². The zero-order valence-corrected chi connectivity index (χ0v) is 18.4. The van der Waals surface area contributed by atoms with Crippen molar-refractivity contribution >= 4 is 11.6 Å². The molecule has 0 spiro atoms. The minimum Gasteiger partial charge on any atom is -0.492 e. The summed E-state index contributed by atoms with van der Waals surface area (Å²) in [5.41, 5.74) is 2.88. The van der Waals surface area contributed by atoms with E-state index in [1.807, 2.05) is 39.7 Å². The molecule has 7 heteroatoms. The summed E-state index contributed by atoms with van der Waals surface area (Å²) < 4.78 is 7.73. The molecular weight excluding hydrogens is 390 g/mol. The number of ether oxygens (including phenoxy) is 1. The van der Waals surface area contributed by atoms with E-state index in [0.29, 0.717) is 6.61 Å². The van der Waals surface area contributed by atoms with E-state index in [1.54, 1.807) is 0 Å². The quantitative estimate of drug-likeness (QED) is 0.637. The van der Waals surface area contributed by atoms with Gasteiger partial charge >= 0.3 is 0 Å². The monoisotopic (exact) mass is 419 g/mol. The molecule has 1 aromatic carbocycles. The van der Waals surface area contributed by atoms with Crippen molar-refractivity contribution < 1.29 is 9.53 Å². The Morgan fingerprint density at radius 3 is 2.61 bits per heavy atom. The van der Waals surface area contributed by atoms with Gasteiger partial charge in [-0.1, -0.05) is 39.0 Å². The van der Waals surface area contributed by atoms with Crippen LogP contribution in [0.1, 0.15) is 56.6 Å². The van der Waals surface area contributed by atoms with Crippen LogP contribution in [-0.2, 0) is 16.6 Å². The summed E-state index contributed by atoms with van der Waals surface area (Å²) in [5, 5.41) is 13.6. The SMILES string of the molecule is CC(C)(C)c1ccc2nnc(C3CCN(C(=O)C4COc5ccccc5C4)CC3)n2n1. The standard InChI is InChI=1S/C24H29N5O2/c1-24(2,3)20-8-9-21-25-26-22(29(21)27-20)16-10-12-28(13-11-16)23(30)18-14-17-6-4-5-7-19(17)31-15-18/h4-9,16,18H,10-15H2,1-3H3. The van der Waals surface area contributed by atoms with Gasteiger partial charge in [0.05, 0.1) is 11.6 Å². The van der Waals surface area contributed by atoms with Gasteiger partial charge in [0, 0.05) is 24.4 Å². The van der Waals surface area contributed by atoms with Crippen molar-refractivity contribution in [2.24, 2.45) is 5.92 Å². The number of fused-ring (bicyclic) bond motifs is 2. The number of rotatable bonds is 2. The molecule has 2 aromatic heterocycles. The lowest BCUT2D eigenvalue weighted by molar-refractivity contribution is -0.138. The highest BCUT2D eigenvalue weighted by Gasteiger charge is 2.33. The number of carbonyl (C=O) groups is 1. The van der Waals surface area contributed by atoms with Gasteiger partial charge < -0.3 is 9.64 Å². The molecular formula is C24H29N5O2. The van der Waals surface area contributed by atoms with Crippen LogP contribution < -0.4 is 4.74 Å². The summed E-state index contributed by atoms with van der Waals surface area (Å²) in [7, 11) is 0. The summed E-state index contributed by atoms with van der Waals surface area (Å²) in [5.74, 6) is 2.17. The van der Waals surface area contributed by atoms with E-state index < -0.39 is 0 Å². The van der Waals surface area contributed by atoms with E-state index in [2.05, 4.69) is 37.0 Å². The molecule has 1 saturated heterocycles. The van der Waals surface area contributed by atoms with E-state index in [1.165, 1.54) is 0 Å². The van der Waals surface area contributed by atoms with E-state index in [9.17, 15) is 4.79 Å². The van der Waals surface area contributed by atoms with Gasteiger partial charge in [-0.25, -0.2) is 0 Å². The average Bonchev–Trinajstić information content (AvgIpc) is 3.21. The Hall–Kier alpha value is -2.96. The van der Waals surface area contributed by atoms with Crippen molar-refractivity contribution in [3.05, 3.63) is 53.5 Å². The lowest BCUT2D eigenvalue weighted by Crippen LogP contribution is -2.44. The highest BCUT2D eigenvalue weighted by atomic mass is 16.5. The molecule has 7 nitrogen and oxygen atoms in total. The Labute approximate surface area is 182 Å². The first-order chi connectivity index (χ1) is 14.9. The van der Waals surface area contributed by atoms with Crippen molar-refractivity contribution in [2.45, 2.75) is 51.4 Å². The van der Waals surface area contributed by atoms with Gasteiger partial charge in [-0.3, -0.25) is 4.79 Å². The van der Waals surface area contributed by atoms with E-state index in [-0.39, 0.29) is 23.2 Å². The Balaban J connectivity index is 1.27. The number of likely N-dealkylation sites (tertiary alicyclic amines) is 1. The average molecular weight is 420 g/mol. The zero-order valence-electron chi connectivity index (χ0n) is 18.4. The Kier molecular flexibility index (Phi) is 4.91. The summed E-state index contributed by atoms with van der Waals surface area (Å²) in [6, 6.07) is 12.0. The van der Waals surface area contributed by atoms with Crippen molar-refractivity contribution in [3.8, 4) is 5.75 Å². The van der Waals surface area contributed by atoms with E-state index in [0.717, 1.165) is 60.8 Å². The Morgan fingerprint density at radius 2 is 1.84 bits per heavy atom. The molecule has 4 heterocycles. The lowest BCUT2D eigenvalue weighted by Gasteiger charge is -2.35. The number of para-hydroxylation sites is 1. The van der Waals surface area contributed by atoms with E-state index >= 15 is 0 Å². The largest absolute Gasteiger partial charge is 0.492 e.